The number of carbonyl (C=O) groups is 2. The summed E-state index contributed by atoms with van der Waals surface area (Å²) in [6.45, 7) is 6.26. The Morgan fingerprint density at radius 2 is 0.952 bits per heavy atom. The summed E-state index contributed by atoms with van der Waals surface area (Å²) in [5.41, 5.74) is 0. The molecule has 1 amide bonds. The van der Waals surface area contributed by atoms with Crippen LogP contribution in [-0.4, -0.2) is 46.9 Å². The highest BCUT2D eigenvalue weighted by molar-refractivity contribution is 5.77. The van der Waals surface area contributed by atoms with Crippen molar-refractivity contribution < 1.29 is 24.5 Å². The maximum atomic E-state index is 13.2. The number of carbonyl (C=O) groups excluding carboxylic acids is 2. The van der Waals surface area contributed by atoms with Crippen molar-refractivity contribution in [3.8, 4) is 0 Å². The minimum absolute atomic E-state index is 0.0156. The zero-order valence-corrected chi connectivity index (χ0v) is 40.0. The van der Waals surface area contributed by atoms with Crippen LogP contribution in [0.5, 0.6) is 0 Å². The van der Waals surface area contributed by atoms with E-state index in [1.54, 1.807) is 0 Å². The molecule has 3 unspecified atom stereocenters. The lowest BCUT2D eigenvalue weighted by Gasteiger charge is -2.24. The molecule has 0 saturated carbocycles. The second-order valence-corrected chi connectivity index (χ2v) is 16.6. The number of esters is 1. The molecule has 3 atom stereocenters. The van der Waals surface area contributed by atoms with Gasteiger partial charge in [0.1, 0.15) is 6.10 Å². The van der Waals surface area contributed by atoms with Gasteiger partial charge in [-0.05, 0) is 83.5 Å². The first-order valence-electron chi connectivity index (χ1n) is 25.2. The van der Waals surface area contributed by atoms with Gasteiger partial charge < -0.3 is 20.3 Å². The Bertz CT molecular complexity index is 1280. The van der Waals surface area contributed by atoms with Gasteiger partial charge in [0.25, 0.3) is 0 Å². The SMILES string of the molecule is CC/C=C/C=C/C=C\C=C/C=C/CCCCCC(=O)OC(CCC/C=C\C/C=C\C/C=C\C/C=C\CCCCC)CC(=O)NC(CO)C(O)CCCCCCCCCCCCC. The Kier molecular flexibility index (Phi) is 45.8. The Morgan fingerprint density at radius 1 is 0.500 bits per heavy atom. The van der Waals surface area contributed by atoms with Gasteiger partial charge in [-0.1, -0.05) is 220 Å². The third-order valence-electron chi connectivity index (χ3n) is 10.7. The van der Waals surface area contributed by atoms with Gasteiger partial charge in [0, 0.05) is 6.42 Å². The van der Waals surface area contributed by atoms with Crippen LogP contribution in [0, 0.1) is 0 Å². The van der Waals surface area contributed by atoms with Gasteiger partial charge in [-0.3, -0.25) is 9.59 Å². The number of aliphatic hydroxyl groups is 2. The molecule has 3 N–H and O–H groups in total. The fourth-order valence-corrected chi connectivity index (χ4v) is 6.91. The van der Waals surface area contributed by atoms with Gasteiger partial charge in [-0.25, -0.2) is 0 Å². The lowest BCUT2D eigenvalue weighted by Crippen LogP contribution is -2.46. The van der Waals surface area contributed by atoms with Gasteiger partial charge in [-0.2, -0.15) is 0 Å². The van der Waals surface area contributed by atoms with E-state index in [0.29, 0.717) is 19.3 Å². The summed E-state index contributed by atoms with van der Waals surface area (Å²) in [5, 5.41) is 23.7. The fraction of sp³-hybridized carbons (Fsp3) is 0.643. The van der Waals surface area contributed by atoms with Crippen LogP contribution in [-0.2, 0) is 14.3 Å². The van der Waals surface area contributed by atoms with Crippen molar-refractivity contribution in [1.29, 1.82) is 0 Å². The lowest BCUT2D eigenvalue weighted by molar-refractivity contribution is -0.151. The minimum Gasteiger partial charge on any atom is -0.462 e. The summed E-state index contributed by atoms with van der Waals surface area (Å²) in [4.78, 5) is 26.1. The van der Waals surface area contributed by atoms with Crippen molar-refractivity contribution >= 4 is 11.9 Å². The molecule has 62 heavy (non-hydrogen) atoms. The number of rotatable bonds is 43. The number of unbranched alkanes of at least 4 members (excludes halogenated alkanes) is 17. The molecule has 0 radical (unpaired) electrons. The molecule has 0 rings (SSSR count). The molecule has 0 aromatic carbocycles. The molecule has 0 heterocycles. The normalized spacial score (nSPS) is 14.2. The zero-order valence-electron chi connectivity index (χ0n) is 40.0. The van der Waals surface area contributed by atoms with Gasteiger partial charge in [0.15, 0.2) is 0 Å². The van der Waals surface area contributed by atoms with Crippen LogP contribution in [0.15, 0.2) is 109 Å². The van der Waals surface area contributed by atoms with E-state index in [-0.39, 0.29) is 24.9 Å². The van der Waals surface area contributed by atoms with Crippen LogP contribution in [0.1, 0.15) is 207 Å². The summed E-state index contributed by atoms with van der Waals surface area (Å²) >= 11 is 0. The van der Waals surface area contributed by atoms with E-state index >= 15 is 0 Å². The van der Waals surface area contributed by atoms with Crippen LogP contribution in [0.25, 0.3) is 0 Å². The molecular formula is C56H93NO5. The third-order valence-corrected chi connectivity index (χ3v) is 10.7. The van der Waals surface area contributed by atoms with Crippen LogP contribution < -0.4 is 5.32 Å². The molecule has 0 spiro atoms. The van der Waals surface area contributed by atoms with Gasteiger partial charge in [0.05, 0.1) is 25.2 Å². The van der Waals surface area contributed by atoms with Crippen LogP contribution in [0.4, 0.5) is 0 Å². The molecule has 0 aromatic heterocycles. The third kappa shape index (κ3) is 43.2. The maximum Gasteiger partial charge on any atom is 0.306 e. The van der Waals surface area contributed by atoms with Crippen molar-refractivity contribution in [2.75, 3.05) is 6.61 Å². The summed E-state index contributed by atoms with van der Waals surface area (Å²) in [7, 11) is 0. The summed E-state index contributed by atoms with van der Waals surface area (Å²) in [6, 6.07) is -0.734. The van der Waals surface area contributed by atoms with E-state index in [2.05, 4.69) is 92.9 Å². The number of hydrogen-bond acceptors (Lipinski definition) is 5. The molecular weight excluding hydrogens is 767 g/mol. The fourth-order valence-electron chi connectivity index (χ4n) is 6.91. The van der Waals surface area contributed by atoms with Gasteiger partial charge >= 0.3 is 5.97 Å². The summed E-state index contributed by atoms with van der Waals surface area (Å²) in [5.74, 6) is -0.588. The number of nitrogens with one attached hydrogen (secondary N) is 1. The second kappa shape index (κ2) is 48.6. The molecule has 0 aliphatic carbocycles. The largest absolute Gasteiger partial charge is 0.462 e. The Hall–Kier alpha value is -3.48. The second-order valence-electron chi connectivity index (χ2n) is 16.6. The number of ether oxygens (including phenoxy) is 1. The van der Waals surface area contributed by atoms with Gasteiger partial charge in [-0.15, -0.1) is 0 Å². The van der Waals surface area contributed by atoms with Crippen molar-refractivity contribution in [1.82, 2.24) is 5.32 Å². The molecule has 0 aromatic rings. The van der Waals surface area contributed by atoms with E-state index in [4.69, 9.17) is 4.74 Å². The van der Waals surface area contributed by atoms with Crippen molar-refractivity contribution in [2.24, 2.45) is 0 Å². The first-order chi connectivity index (χ1) is 30.5. The summed E-state index contributed by atoms with van der Waals surface area (Å²) in [6.07, 6.45) is 65.7. The van der Waals surface area contributed by atoms with Gasteiger partial charge in [0.2, 0.25) is 5.91 Å². The highest BCUT2D eigenvalue weighted by atomic mass is 16.5. The van der Waals surface area contributed by atoms with Crippen molar-refractivity contribution in [2.45, 2.75) is 225 Å². The van der Waals surface area contributed by atoms with E-state index in [1.165, 1.54) is 77.0 Å². The molecule has 0 aliphatic heterocycles. The van der Waals surface area contributed by atoms with E-state index in [1.807, 2.05) is 42.5 Å². The van der Waals surface area contributed by atoms with Crippen molar-refractivity contribution in [3.05, 3.63) is 109 Å². The number of allylic oxidation sites excluding steroid dienone is 18. The molecule has 0 aliphatic rings. The van der Waals surface area contributed by atoms with Crippen LogP contribution in [0.2, 0.25) is 0 Å². The topological polar surface area (TPSA) is 95.9 Å². The molecule has 6 heteroatoms. The van der Waals surface area contributed by atoms with E-state index in [9.17, 15) is 19.8 Å². The average molecular weight is 860 g/mol. The smallest absolute Gasteiger partial charge is 0.306 e. The standard InChI is InChI=1S/C56H93NO5/c1-4-7-10-13-16-19-22-24-26-27-29-30-33-35-38-41-44-47-52(62-56(61)49-46-43-40-37-34-31-28-25-23-20-17-14-11-8-5-2)50-55(60)57-53(51-58)54(59)48-45-42-39-36-32-21-18-15-12-9-6-3/h8,11,14,16-17,19-20,23-26,28-31,34-35,38,52-54,58-59H,4-7,9-10,12-13,15,18,21-22,27,32-33,36-37,39-51H2,1-3H3,(H,57,60)/b11-8+,17-14+,19-16-,23-20-,26-24-,28-25-,30-29-,34-31+,38-35-. The summed E-state index contributed by atoms with van der Waals surface area (Å²) < 4.78 is 5.88. The number of amides is 1. The predicted molar refractivity (Wildman–Crippen MR) is 268 cm³/mol. The van der Waals surface area contributed by atoms with E-state index < -0.39 is 18.2 Å². The minimum atomic E-state index is -0.816. The first kappa shape index (κ1) is 58.5. The predicted octanol–water partition coefficient (Wildman–Crippen LogP) is 15.1. The molecule has 352 valence electrons. The Balaban J connectivity index is 4.82. The Labute approximate surface area is 381 Å². The zero-order chi connectivity index (χ0) is 45.2. The molecule has 0 saturated heterocycles. The maximum absolute atomic E-state index is 13.2. The molecule has 0 bridgehead atoms. The highest BCUT2D eigenvalue weighted by Gasteiger charge is 2.24. The van der Waals surface area contributed by atoms with E-state index in [0.717, 1.165) is 83.5 Å². The van der Waals surface area contributed by atoms with Crippen LogP contribution >= 0.6 is 0 Å². The quantitative estimate of drug-likeness (QED) is 0.0246. The molecule has 0 fully saturated rings. The number of hydrogen-bond donors (Lipinski definition) is 3. The Morgan fingerprint density at radius 3 is 1.52 bits per heavy atom. The molecule has 6 nitrogen and oxygen atoms in total. The first-order valence-corrected chi connectivity index (χ1v) is 25.2. The number of aliphatic hydroxyl groups excluding tert-OH is 2. The monoisotopic (exact) mass is 860 g/mol. The van der Waals surface area contributed by atoms with Crippen LogP contribution in [0.3, 0.4) is 0 Å². The highest BCUT2D eigenvalue weighted by Crippen LogP contribution is 2.16. The lowest BCUT2D eigenvalue weighted by atomic mass is 10.0. The average Bonchev–Trinajstić information content (AvgIpc) is 3.26. The van der Waals surface area contributed by atoms with Crippen molar-refractivity contribution in [3.63, 3.8) is 0 Å².